The Kier molecular flexibility index (Phi) is 6.71. The topological polar surface area (TPSA) is 84.9 Å². The van der Waals surface area contributed by atoms with Gasteiger partial charge in [0.05, 0.1) is 25.0 Å². The van der Waals surface area contributed by atoms with Gasteiger partial charge < -0.3 is 14.8 Å². The first-order valence-corrected chi connectivity index (χ1v) is 12.1. The zero-order chi connectivity index (χ0) is 22.8. The minimum atomic E-state index is -3.59. The number of fused-ring (bicyclic) bond motifs is 1. The van der Waals surface area contributed by atoms with Crippen LogP contribution in [-0.4, -0.2) is 46.4 Å². The molecular weight excluding hydrogens is 440 g/mol. The summed E-state index contributed by atoms with van der Waals surface area (Å²) in [5.41, 5.74) is 1.27. The van der Waals surface area contributed by atoms with E-state index in [9.17, 15) is 13.2 Å². The van der Waals surface area contributed by atoms with Crippen molar-refractivity contribution in [1.82, 2.24) is 5.32 Å². The molecule has 168 valence electrons. The second-order valence-corrected chi connectivity index (χ2v) is 10.8. The van der Waals surface area contributed by atoms with Crippen LogP contribution >= 0.6 is 11.6 Å². The molecule has 0 aromatic heterocycles. The van der Waals surface area contributed by atoms with Crippen LogP contribution in [0.4, 0.5) is 5.69 Å². The van der Waals surface area contributed by atoms with Crippen LogP contribution in [0.1, 0.15) is 26.3 Å². The highest BCUT2D eigenvalue weighted by Gasteiger charge is 2.35. The number of benzene rings is 2. The Labute approximate surface area is 188 Å². The molecule has 1 aliphatic rings. The molecule has 2 aromatic rings. The average molecular weight is 467 g/mol. The summed E-state index contributed by atoms with van der Waals surface area (Å²) in [5.74, 6) is 0.598. The molecule has 0 saturated heterocycles. The molecule has 3 rings (SSSR count). The van der Waals surface area contributed by atoms with Crippen molar-refractivity contribution >= 4 is 33.2 Å². The smallest absolute Gasteiger partial charge is 0.263 e. The van der Waals surface area contributed by atoms with Gasteiger partial charge in [0, 0.05) is 5.02 Å². The maximum Gasteiger partial charge on any atom is 0.263 e. The lowest BCUT2D eigenvalue weighted by molar-refractivity contribution is -0.127. The first-order valence-electron chi connectivity index (χ1n) is 9.90. The number of rotatable bonds is 6. The summed E-state index contributed by atoms with van der Waals surface area (Å²) in [6.45, 7) is 6.55. The molecule has 0 spiro atoms. The maximum atomic E-state index is 12.6. The zero-order valence-corrected chi connectivity index (χ0v) is 19.6. The van der Waals surface area contributed by atoms with Gasteiger partial charge in [-0.25, -0.2) is 8.42 Å². The molecule has 1 aliphatic heterocycles. The molecule has 31 heavy (non-hydrogen) atoms. The van der Waals surface area contributed by atoms with Gasteiger partial charge in [-0.1, -0.05) is 38.4 Å². The number of carbonyl (C=O) groups excluding carboxylic acids is 1. The molecule has 1 heterocycles. The van der Waals surface area contributed by atoms with Gasteiger partial charge in [-0.15, -0.1) is 0 Å². The second-order valence-electron chi connectivity index (χ2n) is 8.43. The Hall–Kier alpha value is -2.45. The minimum Gasteiger partial charge on any atom is -0.492 e. The normalized spacial score (nSPS) is 16.3. The third-order valence-corrected chi connectivity index (χ3v) is 6.27. The second kappa shape index (κ2) is 8.96. The number of amides is 1. The van der Waals surface area contributed by atoms with Crippen LogP contribution in [0.25, 0.3) is 0 Å². The van der Waals surface area contributed by atoms with E-state index in [-0.39, 0.29) is 25.1 Å². The van der Waals surface area contributed by atoms with Crippen molar-refractivity contribution < 1.29 is 22.7 Å². The van der Waals surface area contributed by atoms with E-state index in [0.29, 0.717) is 22.2 Å². The van der Waals surface area contributed by atoms with E-state index in [1.165, 1.54) is 4.31 Å². The fourth-order valence-electron chi connectivity index (χ4n) is 3.16. The molecule has 1 atom stereocenters. The monoisotopic (exact) mass is 466 g/mol. The highest BCUT2D eigenvalue weighted by molar-refractivity contribution is 7.92. The van der Waals surface area contributed by atoms with Crippen molar-refractivity contribution in [3.05, 3.63) is 53.1 Å². The number of sulfonamides is 1. The first kappa shape index (κ1) is 23.2. The molecule has 1 N–H and O–H groups in total. The summed E-state index contributed by atoms with van der Waals surface area (Å²) < 4.78 is 37.5. The summed E-state index contributed by atoms with van der Waals surface area (Å²) in [5, 5.41) is 3.35. The van der Waals surface area contributed by atoms with Crippen molar-refractivity contribution in [1.29, 1.82) is 0 Å². The number of anilines is 1. The van der Waals surface area contributed by atoms with E-state index in [1.54, 1.807) is 30.3 Å². The Balaban J connectivity index is 1.67. The molecule has 0 aliphatic carbocycles. The maximum absolute atomic E-state index is 12.6. The van der Waals surface area contributed by atoms with Gasteiger partial charge in [0.25, 0.3) is 5.91 Å². The van der Waals surface area contributed by atoms with Crippen LogP contribution in [0.2, 0.25) is 5.02 Å². The third-order valence-electron chi connectivity index (χ3n) is 4.87. The number of nitrogens with one attached hydrogen (secondary N) is 1. The van der Waals surface area contributed by atoms with Crippen molar-refractivity contribution in [3.8, 4) is 11.5 Å². The summed E-state index contributed by atoms with van der Waals surface area (Å²) >= 11 is 5.84. The predicted molar refractivity (Wildman–Crippen MR) is 122 cm³/mol. The van der Waals surface area contributed by atoms with Gasteiger partial charge in [-0.05, 0) is 47.4 Å². The molecule has 0 saturated carbocycles. The Morgan fingerprint density at radius 2 is 1.90 bits per heavy atom. The van der Waals surface area contributed by atoms with Gasteiger partial charge >= 0.3 is 0 Å². The number of hydrogen-bond donors (Lipinski definition) is 1. The van der Waals surface area contributed by atoms with Crippen molar-refractivity contribution in [2.24, 2.45) is 0 Å². The van der Waals surface area contributed by atoms with Crippen LogP contribution in [0.5, 0.6) is 11.5 Å². The Morgan fingerprint density at radius 3 is 2.52 bits per heavy atom. The number of hydrogen-bond acceptors (Lipinski definition) is 5. The average Bonchev–Trinajstić information content (AvgIpc) is 2.69. The molecule has 2 aromatic carbocycles. The lowest BCUT2D eigenvalue weighted by atomic mass is 9.86. The largest absolute Gasteiger partial charge is 0.492 e. The molecule has 9 heteroatoms. The van der Waals surface area contributed by atoms with Crippen molar-refractivity contribution in [2.75, 3.05) is 30.3 Å². The van der Waals surface area contributed by atoms with Crippen molar-refractivity contribution in [3.63, 3.8) is 0 Å². The quantitative estimate of drug-likeness (QED) is 0.660. The standard InChI is InChI=1S/C22H27ClN2O5S/c1-22(2,3)15-5-10-19-18(13-15)25(31(4,27)28)14-20(30-19)21(26)24-11-12-29-17-8-6-16(23)7-9-17/h5-10,13,20H,11-12,14H2,1-4H3,(H,24,26)/t20-/m1/s1. The Morgan fingerprint density at radius 1 is 1.23 bits per heavy atom. The fourth-order valence-corrected chi connectivity index (χ4v) is 4.19. The van der Waals surface area contributed by atoms with Gasteiger partial charge in [-0.2, -0.15) is 0 Å². The first-order chi connectivity index (χ1) is 14.4. The fraction of sp³-hybridized carbons (Fsp3) is 0.409. The highest BCUT2D eigenvalue weighted by atomic mass is 35.5. The highest BCUT2D eigenvalue weighted by Crippen LogP contribution is 2.38. The van der Waals surface area contributed by atoms with Crippen LogP contribution in [-0.2, 0) is 20.2 Å². The zero-order valence-electron chi connectivity index (χ0n) is 18.0. The molecule has 7 nitrogen and oxygen atoms in total. The van der Waals surface area contributed by atoms with Crippen LogP contribution in [0, 0.1) is 0 Å². The van der Waals surface area contributed by atoms with E-state index < -0.39 is 22.0 Å². The molecule has 1 amide bonds. The Bertz CT molecular complexity index is 1050. The van der Waals surface area contributed by atoms with Crippen LogP contribution < -0.4 is 19.1 Å². The van der Waals surface area contributed by atoms with Gasteiger partial charge in [0.1, 0.15) is 18.1 Å². The van der Waals surface area contributed by atoms with E-state index in [1.807, 2.05) is 32.9 Å². The minimum absolute atomic E-state index is 0.0939. The molecule has 0 unspecified atom stereocenters. The summed E-state index contributed by atoms with van der Waals surface area (Å²) in [4.78, 5) is 12.6. The SMILES string of the molecule is CC(C)(C)c1ccc2c(c1)N(S(C)(=O)=O)C[C@H](C(=O)NCCOc1ccc(Cl)cc1)O2. The van der Waals surface area contributed by atoms with E-state index in [4.69, 9.17) is 21.1 Å². The molecular formula is C22H27ClN2O5S. The lowest BCUT2D eigenvalue weighted by Gasteiger charge is -2.35. The van der Waals surface area contributed by atoms with E-state index in [0.717, 1.165) is 11.8 Å². The predicted octanol–water partition coefficient (Wildman–Crippen LogP) is 3.36. The number of carbonyl (C=O) groups is 1. The lowest BCUT2D eigenvalue weighted by Crippen LogP contribution is -2.51. The number of ether oxygens (including phenoxy) is 2. The van der Waals surface area contributed by atoms with E-state index in [2.05, 4.69) is 5.32 Å². The molecule has 0 fully saturated rings. The van der Waals surface area contributed by atoms with Crippen LogP contribution in [0.15, 0.2) is 42.5 Å². The molecule has 0 radical (unpaired) electrons. The summed E-state index contributed by atoms with van der Waals surface area (Å²) in [7, 11) is -3.59. The summed E-state index contributed by atoms with van der Waals surface area (Å²) in [6, 6.07) is 12.3. The number of nitrogens with zero attached hydrogens (tertiary/aromatic N) is 1. The van der Waals surface area contributed by atoms with E-state index >= 15 is 0 Å². The van der Waals surface area contributed by atoms with Gasteiger partial charge in [0.15, 0.2) is 6.10 Å². The third kappa shape index (κ3) is 5.83. The van der Waals surface area contributed by atoms with Gasteiger partial charge in [0.2, 0.25) is 10.0 Å². The van der Waals surface area contributed by atoms with Crippen LogP contribution in [0.3, 0.4) is 0 Å². The molecule has 0 bridgehead atoms. The van der Waals surface area contributed by atoms with Crippen molar-refractivity contribution in [2.45, 2.75) is 32.3 Å². The summed E-state index contributed by atoms with van der Waals surface area (Å²) in [6.07, 6.45) is 0.166. The number of halogens is 1. The van der Waals surface area contributed by atoms with Gasteiger partial charge in [-0.3, -0.25) is 9.10 Å².